The molecule has 136 valence electrons. The van der Waals surface area contributed by atoms with Gasteiger partial charge in [0.1, 0.15) is 11.4 Å². The van der Waals surface area contributed by atoms with E-state index in [4.69, 9.17) is 4.74 Å². The Bertz CT molecular complexity index is 898. The summed E-state index contributed by atoms with van der Waals surface area (Å²) < 4.78 is 7.09. The number of rotatable bonds is 8. The zero-order valence-electron chi connectivity index (χ0n) is 15.2. The van der Waals surface area contributed by atoms with Crippen LogP contribution in [0.25, 0.3) is 10.9 Å². The summed E-state index contributed by atoms with van der Waals surface area (Å²) in [4.78, 5) is 12.1. The van der Waals surface area contributed by atoms with Crippen molar-refractivity contribution in [3.05, 3.63) is 65.4 Å². The van der Waals surface area contributed by atoms with Gasteiger partial charge in [-0.3, -0.25) is 0 Å². The second kappa shape index (κ2) is 8.06. The van der Waals surface area contributed by atoms with E-state index in [1.807, 2.05) is 53.1 Å². The number of hydrogen-bond donors (Lipinski definition) is 2. The maximum atomic E-state index is 12.1. The van der Waals surface area contributed by atoms with Gasteiger partial charge in [-0.2, -0.15) is 0 Å². The molecule has 5 heteroatoms. The molecule has 3 aromatic rings. The van der Waals surface area contributed by atoms with Crippen LogP contribution in [0.4, 0.5) is 0 Å². The number of ether oxygens (including phenoxy) is 1. The molecule has 2 aromatic carbocycles. The molecule has 26 heavy (non-hydrogen) atoms. The van der Waals surface area contributed by atoms with Crippen molar-refractivity contribution in [2.24, 2.45) is 0 Å². The van der Waals surface area contributed by atoms with Gasteiger partial charge in [-0.1, -0.05) is 37.3 Å². The zero-order valence-corrected chi connectivity index (χ0v) is 15.2. The van der Waals surface area contributed by atoms with Crippen molar-refractivity contribution in [1.82, 2.24) is 9.88 Å². The van der Waals surface area contributed by atoms with Crippen LogP contribution in [0, 0.1) is 0 Å². The van der Waals surface area contributed by atoms with Gasteiger partial charge in [0.15, 0.2) is 0 Å². The largest absolute Gasteiger partial charge is 0.497 e. The highest BCUT2D eigenvalue weighted by atomic mass is 16.5. The molecule has 1 aromatic heterocycles. The molecule has 0 atom stereocenters. The Morgan fingerprint density at radius 2 is 1.88 bits per heavy atom. The normalized spacial score (nSPS) is 11.0. The molecule has 0 saturated carbocycles. The van der Waals surface area contributed by atoms with E-state index in [2.05, 4.69) is 12.2 Å². The van der Waals surface area contributed by atoms with Crippen LogP contribution in [0.2, 0.25) is 0 Å². The minimum atomic E-state index is -0.900. The first-order valence-corrected chi connectivity index (χ1v) is 8.82. The first kappa shape index (κ1) is 18.0. The highest BCUT2D eigenvalue weighted by Gasteiger charge is 2.21. The number of para-hydroxylation sites is 1. The summed E-state index contributed by atoms with van der Waals surface area (Å²) in [6.45, 7) is 4.00. The van der Waals surface area contributed by atoms with E-state index in [1.165, 1.54) is 0 Å². The van der Waals surface area contributed by atoms with E-state index >= 15 is 0 Å². The smallest absolute Gasteiger partial charge is 0.352 e. The summed E-state index contributed by atoms with van der Waals surface area (Å²) in [5, 5.41) is 14.2. The zero-order chi connectivity index (χ0) is 18.5. The molecular weight excluding hydrogens is 328 g/mol. The van der Waals surface area contributed by atoms with E-state index < -0.39 is 5.97 Å². The van der Waals surface area contributed by atoms with Crippen LogP contribution < -0.4 is 10.1 Å². The molecule has 0 aliphatic rings. The Morgan fingerprint density at radius 1 is 1.15 bits per heavy atom. The molecule has 0 spiro atoms. The standard InChI is InChI=1S/C21H24N2O3/c1-3-12-22-13-18-17-6-4-5-7-19(17)23(20(18)21(24)25)14-15-8-10-16(26-2)11-9-15/h4-11,22H,3,12-14H2,1-2H3,(H,24,25). The van der Waals surface area contributed by atoms with Gasteiger partial charge in [-0.05, 0) is 36.7 Å². The lowest BCUT2D eigenvalue weighted by Crippen LogP contribution is -2.18. The molecule has 5 nitrogen and oxygen atoms in total. The van der Waals surface area contributed by atoms with Crippen molar-refractivity contribution in [1.29, 1.82) is 0 Å². The number of methoxy groups -OCH3 is 1. The number of nitrogens with one attached hydrogen (secondary N) is 1. The second-order valence-electron chi connectivity index (χ2n) is 6.26. The Labute approximate surface area is 153 Å². The Balaban J connectivity index is 2.07. The van der Waals surface area contributed by atoms with Gasteiger partial charge in [-0.15, -0.1) is 0 Å². The number of carboxylic acid groups (broad SMARTS) is 1. The van der Waals surface area contributed by atoms with Crippen molar-refractivity contribution in [2.45, 2.75) is 26.4 Å². The van der Waals surface area contributed by atoms with Gasteiger partial charge in [0, 0.05) is 29.6 Å². The molecule has 0 fully saturated rings. The van der Waals surface area contributed by atoms with Gasteiger partial charge < -0.3 is 19.7 Å². The van der Waals surface area contributed by atoms with E-state index in [1.54, 1.807) is 7.11 Å². The van der Waals surface area contributed by atoms with Crippen LogP contribution in [-0.2, 0) is 13.1 Å². The van der Waals surface area contributed by atoms with Gasteiger partial charge in [0.2, 0.25) is 0 Å². The maximum absolute atomic E-state index is 12.1. The number of benzene rings is 2. The fraction of sp³-hybridized carbons (Fsp3) is 0.286. The predicted octanol–water partition coefficient (Wildman–Crippen LogP) is 3.90. The molecular formula is C21H24N2O3. The van der Waals surface area contributed by atoms with E-state index in [9.17, 15) is 9.90 Å². The summed E-state index contributed by atoms with van der Waals surface area (Å²) in [6.07, 6.45) is 1.01. The number of aromatic carboxylic acids is 1. The van der Waals surface area contributed by atoms with Gasteiger partial charge >= 0.3 is 5.97 Å². The summed E-state index contributed by atoms with van der Waals surface area (Å²) in [5.74, 6) is -0.114. The minimum Gasteiger partial charge on any atom is -0.497 e. The fourth-order valence-corrected chi connectivity index (χ4v) is 3.27. The summed E-state index contributed by atoms with van der Waals surface area (Å²) in [6, 6.07) is 15.6. The molecule has 1 heterocycles. The van der Waals surface area contributed by atoms with Crippen molar-refractivity contribution in [2.75, 3.05) is 13.7 Å². The molecule has 0 unspecified atom stereocenters. The number of carboxylic acids is 1. The molecule has 0 amide bonds. The second-order valence-corrected chi connectivity index (χ2v) is 6.26. The van der Waals surface area contributed by atoms with Crippen LogP contribution in [-0.4, -0.2) is 29.3 Å². The summed E-state index contributed by atoms with van der Waals surface area (Å²) >= 11 is 0. The Morgan fingerprint density at radius 3 is 2.54 bits per heavy atom. The molecule has 0 radical (unpaired) electrons. The Hall–Kier alpha value is -2.79. The highest BCUT2D eigenvalue weighted by molar-refractivity contribution is 5.98. The highest BCUT2D eigenvalue weighted by Crippen LogP contribution is 2.28. The average molecular weight is 352 g/mol. The van der Waals surface area contributed by atoms with Crippen molar-refractivity contribution < 1.29 is 14.6 Å². The number of nitrogens with zero attached hydrogens (tertiary/aromatic N) is 1. The first-order chi connectivity index (χ1) is 12.7. The number of hydrogen-bond acceptors (Lipinski definition) is 3. The Kier molecular flexibility index (Phi) is 5.58. The maximum Gasteiger partial charge on any atom is 0.352 e. The quantitative estimate of drug-likeness (QED) is 0.604. The van der Waals surface area contributed by atoms with E-state index in [-0.39, 0.29) is 0 Å². The SMILES string of the molecule is CCCNCc1c(C(=O)O)n(Cc2ccc(OC)cc2)c2ccccc12. The van der Waals surface area contributed by atoms with Crippen LogP contribution in [0.1, 0.15) is 35.0 Å². The lowest BCUT2D eigenvalue weighted by Gasteiger charge is -2.10. The molecule has 0 bridgehead atoms. The first-order valence-electron chi connectivity index (χ1n) is 8.82. The van der Waals surface area contributed by atoms with Crippen molar-refractivity contribution in [3.63, 3.8) is 0 Å². The number of aromatic nitrogens is 1. The van der Waals surface area contributed by atoms with Crippen LogP contribution in [0.3, 0.4) is 0 Å². The molecule has 3 rings (SSSR count). The molecule has 0 aliphatic carbocycles. The topological polar surface area (TPSA) is 63.5 Å². The van der Waals surface area contributed by atoms with Gasteiger partial charge in [0.05, 0.1) is 7.11 Å². The van der Waals surface area contributed by atoms with Crippen LogP contribution in [0.5, 0.6) is 5.75 Å². The lowest BCUT2D eigenvalue weighted by molar-refractivity contribution is 0.0685. The van der Waals surface area contributed by atoms with Crippen LogP contribution >= 0.6 is 0 Å². The number of fused-ring (bicyclic) bond motifs is 1. The fourth-order valence-electron chi connectivity index (χ4n) is 3.27. The summed E-state index contributed by atoms with van der Waals surface area (Å²) in [5.41, 5.74) is 3.16. The minimum absolute atomic E-state index is 0.352. The van der Waals surface area contributed by atoms with Gasteiger partial charge in [0.25, 0.3) is 0 Å². The average Bonchev–Trinajstić information content (AvgIpc) is 2.97. The molecule has 2 N–H and O–H groups in total. The third-order valence-electron chi connectivity index (χ3n) is 4.51. The third kappa shape index (κ3) is 3.58. The van der Waals surface area contributed by atoms with Crippen molar-refractivity contribution in [3.8, 4) is 5.75 Å². The van der Waals surface area contributed by atoms with Crippen molar-refractivity contribution >= 4 is 16.9 Å². The number of carbonyl (C=O) groups is 1. The van der Waals surface area contributed by atoms with E-state index in [0.717, 1.165) is 40.7 Å². The third-order valence-corrected chi connectivity index (χ3v) is 4.51. The van der Waals surface area contributed by atoms with Gasteiger partial charge in [-0.25, -0.2) is 4.79 Å². The monoisotopic (exact) mass is 352 g/mol. The lowest BCUT2D eigenvalue weighted by atomic mass is 10.1. The summed E-state index contributed by atoms with van der Waals surface area (Å²) in [7, 11) is 1.63. The van der Waals surface area contributed by atoms with Crippen LogP contribution in [0.15, 0.2) is 48.5 Å². The van der Waals surface area contributed by atoms with E-state index in [0.29, 0.717) is 18.8 Å². The molecule has 0 saturated heterocycles. The predicted molar refractivity (Wildman–Crippen MR) is 103 cm³/mol. The molecule has 0 aliphatic heterocycles.